The molecule has 0 saturated heterocycles. The van der Waals surface area contributed by atoms with Crippen LogP contribution in [0.25, 0.3) is 0 Å². The van der Waals surface area contributed by atoms with Gasteiger partial charge in [0.25, 0.3) is 0 Å². The lowest BCUT2D eigenvalue weighted by molar-refractivity contribution is -0.133. The van der Waals surface area contributed by atoms with Gasteiger partial charge in [0.2, 0.25) is 5.91 Å². The lowest BCUT2D eigenvalue weighted by Crippen LogP contribution is -2.41. The van der Waals surface area contributed by atoms with Gasteiger partial charge in [0.05, 0.1) is 12.2 Å². The van der Waals surface area contributed by atoms with Crippen LogP contribution >= 0.6 is 11.6 Å². The van der Waals surface area contributed by atoms with Crippen LogP contribution in [0.3, 0.4) is 0 Å². The van der Waals surface area contributed by atoms with Crippen LogP contribution in [0.1, 0.15) is 5.56 Å². The van der Waals surface area contributed by atoms with Gasteiger partial charge in [-0.05, 0) is 42.8 Å². The number of amides is 1. The first-order chi connectivity index (χ1) is 11.0. The first-order valence-electron chi connectivity index (χ1n) is 7.13. The van der Waals surface area contributed by atoms with E-state index in [-0.39, 0.29) is 19.0 Å². The van der Waals surface area contributed by atoms with E-state index in [1.165, 1.54) is 0 Å². The molecule has 118 valence electrons. The SMILES string of the molecule is Cc1cccc(NC(=O)CN2CC(=O)Oc3ccc(Cl)cc32)c1. The fourth-order valence-electron chi connectivity index (χ4n) is 2.46. The maximum Gasteiger partial charge on any atom is 0.331 e. The molecule has 23 heavy (non-hydrogen) atoms. The highest BCUT2D eigenvalue weighted by Gasteiger charge is 2.25. The van der Waals surface area contributed by atoms with Gasteiger partial charge in [-0.1, -0.05) is 23.7 Å². The fraction of sp³-hybridized carbons (Fsp3) is 0.176. The Morgan fingerprint density at radius 1 is 1.30 bits per heavy atom. The minimum atomic E-state index is -0.400. The summed E-state index contributed by atoms with van der Waals surface area (Å²) in [6.45, 7) is 2.00. The van der Waals surface area contributed by atoms with Crippen LogP contribution in [0.5, 0.6) is 5.75 Å². The molecule has 1 aliphatic rings. The molecule has 0 bridgehead atoms. The average molecular weight is 331 g/mol. The number of nitrogens with zero attached hydrogens (tertiary/aromatic N) is 1. The van der Waals surface area contributed by atoms with Gasteiger partial charge >= 0.3 is 5.97 Å². The highest BCUT2D eigenvalue weighted by molar-refractivity contribution is 6.31. The number of nitrogens with one attached hydrogen (secondary N) is 1. The van der Waals surface area contributed by atoms with Gasteiger partial charge in [-0.2, -0.15) is 0 Å². The van der Waals surface area contributed by atoms with Gasteiger partial charge in [-0.3, -0.25) is 4.79 Å². The number of hydrogen-bond acceptors (Lipinski definition) is 4. The van der Waals surface area contributed by atoms with Gasteiger partial charge in [-0.25, -0.2) is 4.79 Å². The lowest BCUT2D eigenvalue weighted by atomic mass is 10.2. The summed E-state index contributed by atoms with van der Waals surface area (Å²) in [6.07, 6.45) is 0. The molecule has 2 aromatic rings. The Morgan fingerprint density at radius 2 is 2.13 bits per heavy atom. The number of halogens is 1. The number of aryl methyl sites for hydroxylation is 1. The van der Waals surface area contributed by atoms with Crippen molar-refractivity contribution in [3.63, 3.8) is 0 Å². The van der Waals surface area contributed by atoms with Crippen LogP contribution in [0.4, 0.5) is 11.4 Å². The van der Waals surface area contributed by atoms with E-state index < -0.39 is 5.97 Å². The number of rotatable bonds is 3. The molecule has 1 amide bonds. The van der Waals surface area contributed by atoms with E-state index in [4.69, 9.17) is 16.3 Å². The zero-order chi connectivity index (χ0) is 16.4. The topological polar surface area (TPSA) is 58.6 Å². The van der Waals surface area contributed by atoms with E-state index in [1.807, 2.05) is 31.2 Å². The molecule has 0 saturated carbocycles. The van der Waals surface area contributed by atoms with Crippen molar-refractivity contribution in [2.24, 2.45) is 0 Å². The largest absolute Gasteiger partial charge is 0.423 e. The fourth-order valence-corrected chi connectivity index (χ4v) is 2.62. The molecule has 5 nitrogen and oxygen atoms in total. The number of esters is 1. The Balaban J connectivity index is 1.76. The summed E-state index contributed by atoms with van der Waals surface area (Å²) in [5.41, 5.74) is 2.42. The molecular weight excluding hydrogens is 316 g/mol. The normalized spacial score (nSPS) is 13.3. The van der Waals surface area contributed by atoms with E-state index in [1.54, 1.807) is 23.1 Å². The molecule has 0 aliphatic carbocycles. The zero-order valence-corrected chi connectivity index (χ0v) is 13.3. The Labute approximate surface area is 138 Å². The van der Waals surface area contributed by atoms with E-state index in [9.17, 15) is 9.59 Å². The molecule has 0 fully saturated rings. The summed E-state index contributed by atoms with van der Waals surface area (Å²) >= 11 is 5.99. The first kappa shape index (κ1) is 15.4. The van der Waals surface area contributed by atoms with E-state index in [0.29, 0.717) is 16.5 Å². The van der Waals surface area contributed by atoms with Crippen LogP contribution < -0.4 is 15.0 Å². The molecule has 2 aromatic carbocycles. The molecule has 0 aromatic heterocycles. The maximum atomic E-state index is 12.3. The second-order valence-corrected chi connectivity index (χ2v) is 5.80. The smallest absolute Gasteiger partial charge is 0.331 e. The average Bonchev–Trinajstić information content (AvgIpc) is 2.48. The van der Waals surface area contributed by atoms with Crippen LogP contribution in [-0.4, -0.2) is 25.0 Å². The monoisotopic (exact) mass is 330 g/mol. The Bertz CT molecular complexity index is 776. The minimum Gasteiger partial charge on any atom is -0.423 e. The van der Waals surface area contributed by atoms with Gasteiger partial charge < -0.3 is 15.0 Å². The van der Waals surface area contributed by atoms with Crippen molar-refractivity contribution < 1.29 is 14.3 Å². The quantitative estimate of drug-likeness (QED) is 0.694. The summed E-state index contributed by atoms with van der Waals surface area (Å²) in [6, 6.07) is 12.5. The molecule has 6 heteroatoms. The minimum absolute atomic E-state index is 0.00851. The molecule has 1 aliphatic heterocycles. The van der Waals surface area contributed by atoms with Crippen molar-refractivity contribution in [3.05, 3.63) is 53.1 Å². The Kier molecular flexibility index (Phi) is 4.21. The number of carbonyl (C=O) groups excluding carboxylic acids is 2. The molecule has 0 radical (unpaired) electrons. The lowest BCUT2D eigenvalue weighted by Gasteiger charge is -2.29. The van der Waals surface area contributed by atoms with Crippen LogP contribution in [0.15, 0.2) is 42.5 Å². The summed E-state index contributed by atoms with van der Waals surface area (Å²) in [4.78, 5) is 25.6. The summed E-state index contributed by atoms with van der Waals surface area (Å²) in [5.74, 6) is -0.201. The third-order valence-electron chi connectivity index (χ3n) is 3.44. The highest BCUT2D eigenvalue weighted by Crippen LogP contribution is 2.34. The molecule has 0 spiro atoms. The van der Waals surface area contributed by atoms with Crippen LogP contribution in [0.2, 0.25) is 5.02 Å². The number of ether oxygens (including phenoxy) is 1. The number of hydrogen-bond donors (Lipinski definition) is 1. The molecule has 3 rings (SSSR count). The van der Waals surface area contributed by atoms with Crippen LogP contribution in [-0.2, 0) is 9.59 Å². The number of fused-ring (bicyclic) bond motifs is 1. The first-order valence-corrected chi connectivity index (χ1v) is 7.51. The third kappa shape index (κ3) is 3.63. The maximum absolute atomic E-state index is 12.3. The zero-order valence-electron chi connectivity index (χ0n) is 12.5. The van der Waals surface area contributed by atoms with E-state index >= 15 is 0 Å². The van der Waals surface area contributed by atoms with Crippen molar-refractivity contribution in [3.8, 4) is 5.75 Å². The van der Waals surface area contributed by atoms with Gasteiger partial charge in [0, 0.05) is 10.7 Å². The number of carbonyl (C=O) groups is 2. The van der Waals surface area contributed by atoms with Crippen molar-refractivity contribution >= 4 is 34.9 Å². The van der Waals surface area contributed by atoms with Crippen molar-refractivity contribution in [2.75, 3.05) is 23.3 Å². The summed E-state index contributed by atoms with van der Waals surface area (Å²) < 4.78 is 5.16. The van der Waals surface area contributed by atoms with Crippen molar-refractivity contribution in [1.82, 2.24) is 0 Å². The van der Waals surface area contributed by atoms with Gasteiger partial charge in [0.1, 0.15) is 6.54 Å². The number of benzene rings is 2. The summed E-state index contributed by atoms with van der Waals surface area (Å²) in [5, 5.41) is 3.34. The van der Waals surface area contributed by atoms with E-state index in [0.717, 1.165) is 11.3 Å². The molecular formula is C17H15ClN2O3. The predicted octanol–water partition coefficient (Wildman–Crippen LogP) is 3.01. The third-order valence-corrected chi connectivity index (χ3v) is 3.68. The van der Waals surface area contributed by atoms with Crippen molar-refractivity contribution in [2.45, 2.75) is 6.92 Å². The van der Waals surface area contributed by atoms with E-state index in [2.05, 4.69) is 5.32 Å². The summed E-state index contributed by atoms with van der Waals surface area (Å²) in [7, 11) is 0. The Morgan fingerprint density at radius 3 is 2.91 bits per heavy atom. The molecule has 0 unspecified atom stereocenters. The van der Waals surface area contributed by atoms with Crippen molar-refractivity contribution in [1.29, 1.82) is 0 Å². The highest BCUT2D eigenvalue weighted by atomic mass is 35.5. The molecule has 0 atom stereocenters. The van der Waals surface area contributed by atoms with Gasteiger partial charge in [-0.15, -0.1) is 0 Å². The number of anilines is 2. The predicted molar refractivity (Wildman–Crippen MR) is 89.1 cm³/mol. The standard InChI is InChI=1S/C17H15ClN2O3/c1-11-3-2-4-13(7-11)19-16(21)9-20-10-17(22)23-15-6-5-12(18)8-14(15)20/h2-8H,9-10H2,1H3,(H,19,21). The Hall–Kier alpha value is -2.53. The second-order valence-electron chi connectivity index (χ2n) is 5.36. The molecule has 1 N–H and O–H groups in total. The second kappa shape index (κ2) is 6.30. The molecule has 1 heterocycles. The van der Waals surface area contributed by atoms with Gasteiger partial charge in [0.15, 0.2) is 5.75 Å². The van der Waals surface area contributed by atoms with Crippen LogP contribution in [0, 0.1) is 6.92 Å².